The topological polar surface area (TPSA) is 92.5 Å². The first-order valence-corrected chi connectivity index (χ1v) is 8.19. The Morgan fingerprint density at radius 3 is 2.52 bits per heavy atom. The second-order valence-electron chi connectivity index (χ2n) is 5.06. The molecule has 0 spiro atoms. The summed E-state index contributed by atoms with van der Waals surface area (Å²) in [6.07, 6.45) is 0. The molecule has 8 heteroatoms. The summed E-state index contributed by atoms with van der Waals surface area (Å²) in [5.41, 5.74) is 1.15. The van der Waals surface area contributed by atoms with Crippen LogP contribution >= 0.6 is 12.4 Å². The van der Waals surface area contributed by atoms with Crippen LogP contribution in [0.5, 0.6) is 0 Å². The van der Waals surface area contributed by atoms with Crippen LogP contribution in [0.3, 0.4) is 0 Å². The molecule has 0 radical (unpaired) electrons. The molecule has 1 saturated heterocycles. The normalized spacial score (nSPS) is 19.0. The van der Waals surface area contributed by atoms with Crippen LogP contribution in [0.4, 0.5) is 0 Å². The molecule has 6 nitrogen and oxygen atoms in total. The fourth-order valence-electron chi connectivity index (χ4n) is 2.28. The van der Waals surface area contributed by atoms with Gasteiger partial charge in [0.1, 0.15) is 0 Å². The molecule has 1 aliphatic heterocycles. The van der Waals surface area contributed by atoms with E-state index in [2.05, 4.69) is 5.32 Å². The molecule has 1 aromatic carbocycles. The first kappa shape index (κ1) is 17.9. The van der Waals surface area contributed by atoms with Crippen LogP contribution in [0.2, 0.25) is 0 Å². The maximum absolute atomic E-state index is 12.4. The van der Waals surface area contributed by atoms with Gasteiger partial charge in [-0.05, 0) is 24.6 Å². The monoisotopic (exact) mass is 333 g/mol. The summed E-state index contributed by atoms with van der Waals surface area (Å²) >= 11 is 0. The van der Waals surface area contributed by atoms with Crippen molar-refractivity contribution in [3.8, 4) is 0 Å². The maximum atomic E-state index is 12.4. The Hall–Kier alpha value is -1.15. The molecular formula is C13H20ClN3O3S. The van der Waals surface area contributed by atoms with Crippen molar-refractivity contribution in [3.05, 3.63) is 35.4 Å². The molecule has 118 valence electrons. The number of halogens is 1. The van der Waals surface area contributed by atoms with E-state index in [-0.39, 0.29) is 30.1 Å². The zero-order chi connectivity index (χ0) is 14.8. The summed E-state index contributed by atoms with van der Waals surface area (Å²) in [5.74, 6) is -0.243. The second-order valence-corrected chi connectivity index (χ2v) is 6.67. The first-order chi connectivity index (χ1) is 9.37. The van der Waals surface area contributed by atoms with Crippen molar-refractivity contribution in [1.82, 2.24) is 10.2 Å². The number of hydrogen-bond donors (Lipinski definition) is 2. The van der Waals surface area contributed by atoms with E-state index in [9.17, 15) is 13.2 Å². The van der Waals surface area contributed by atoms with Gasteiger partial charge < -0.3 is 10.2 Å². The minimum atomic E-state index is -3.54. The second kappa shape index (κ2) is 7.22. The highest BCUT2D eigenvalue weighted by Crippen LogP contribution is 2.12. The zero-order valence-electron chi connectivity index (χ0n) is 11.8. The number of piperazine rings is 1. The molecule has 21 heavy (non-hydrogen) atoms. The molecule has 1 aliphatic rings. The van der Waals surface area contributed by atoms with Crippen molar-refractivity contribution in [1.29, 1.82) is 0 Å². The third-order valence-electron chi connectivity index (χ3n) is 3.33. The van der Waals surface area contributed by atoms with Gasteiger partial charge in [-0.15, -0.1) is 12.4 Å². The summed E-state index contributed by atoms with van der Waals surface area (Å²) < 4.78 is 22.0. The Kier molecular flexibility index (Phi) is 6.15. The number of rotatable bonds is 3. The number of nitrogens with two attached hydrogens (primary N) is 1. The summed E-state index contributed by atoms with van der Waals surface area (Å²) in [6.45, 7) is 4.26. The predicted octanol–water partition coefficient (Wildman–Crippen LogP) is 0.331. The minimum Gasteiger partial charge on any atom is -0.333 e. The lowest BCUT2D eigenvalue weighted by Gasteiger charge is -2.34. The van der Waals surface area contributed by atoms with Gasteiger partial charge in [0, 0.05) is 31.2 Å². The van der Waals surface area contributed by atoms with Gasteiger partial charge in [-0.3, -0.25) is 4.79 Å². The van der Waals surface area contributed by atoms with Crippen molar-refractivity contribution in [2.45, 2.75) is 18.7 Å². The molecule has 1 atom stereocenters. The van der Waals surface area contributed by atoms with E-state index >= 15 is 0 Å². The Labute approximate surface area is 131 Å². The summed E-state index contributed by atoms with van der Waals surface area (Å²) in [4.78, 5) is 14.2. The van der Waals surface area contributed by atoms with Gasteiger partial charge >= 0.3 is 0 Å². The van der Waals surface area contributed by atoms with Crippen LogP contribution in [0, 0.1) is 0 Å². The molecule has 2 rings (SSSR count). The lowest BCUT2D eigenvalue weighted by atomic mass is 10.1. The Bertz CT molecular complexity index is 589. The van der Waals surface area contributed by atoms with Gasteiger partial charge in [-0.1, -0.05) is 12.1 Å². The molecule has 0 bridgehead atoms. The average molecular weight is 334 g/mol. The molecule has 0 aliphatic carbocycles. The summed E-state index contributed by atoms with van der Waals surface area (Å²) in [6, 6.07) is 6.71. The number of carbonyl (C=O) groups excluding carboxylic acids is 1. The van der Waals surface area contributed by atoms with E-state index in [0.717, 1.165) is 13.1 Å². The van der Waals surface area contributed by atoms with E-state index in [1.807, 2.05) is 11.8 Å². The SMILES string of the molecule is C[C@H]1CNCCN1C(=O)c1ccc(CS(N)(=O)=O)cc1.Cl. The number of nitrogens with zero attached hydrogens (tertiary/aromatic N) is 1. The average Bonchev–Trinajstić information content (AvgIpc) is 2.37. The third kappa shape index (κ3) is 4.96. The van der Waals surface area contributed by atoms with Crippen LogP contribution in [-0.4, -0.2) is 44.9 Å². The number of primary sulfonamides is 1. The van der Waals surface area contributed by atoms with Crippen LogP contribution in [0.15, 0.2) is 24.3 Å². The zero-order valence-corrected chi connectivity index (χ0v) is 13.4. The Morgan fingerprint density at radius 2 is 2.00 bits per heavy atom. The minimum absolute atomic E-state index is 0. The fraction of sp³-hybridized carbons (Fsp3) is 0.462. The van der Waals surface area contributed by atoms with Crippen molar-refractivity contribution in [2.24, 2.45) is 5.14 Å². The van der Waals surface area contributed by atoms with Crippen LogP contribution < -0.4 is 10.5 Å². The summed E-state index contributed by atoms with van der Waals surface area (Å²) in [5, 5.41) is 8.22. The van der Waals surface area contributed by atoms with Gasteiger partial charge in [-0.2, -0.15) is 0 Å². The van der Waals surface area contributed by atoms with Crippen molar-refractivity contribution in [2.75, 3.05) is 19.6 Å². The van der Waals surface area contributed by atoms with Crippen molar-refractivity contribution < 1.29 is 13.2 Å². The van der Waals surface area contributed by atoms with E-state index in [1.54, 1.807) is 24.3 Å². The van der Waals surface area contributed by atoms with E-state index in [0.29, 0.717) is 17.7 Å². The molecule has 0 saturated carbocycles. The largest absolute Gasteiger partial charge is 0.333 e. The lowest BCUT2D eigenvalue weighted by molar-refractivity contribution is 0.0656. The van der Waals surface area contributed by atoms with E-state index < -0.39 is 10.0 Å². The van der Waals surface area contributed by atoms with Crippen LogP contribution in [0.1, 0.15) is 22.8 Å². The van der Waals surface area contributed by atoms with Crippen LogP contribution in [-0.2, 0) is 15.8 Å². The van der Waals surface area contributed by atoms with Gasteiger partial charge in [0.15, 0.2) is 0 Å². The summed E-state index contributed by atoms with van der Waals surface area (Å²) in [7, 11) is -3.54. The molecule has 1 heterocycles. The van der Waals surface area contributed by atoms with Gasteiger partial charge in [0.05, 0.1) is 5.75 Å². The van der Waals surface area contributed by atoms with E-state index in [1.165, 1.54) is 0 Å². The first-order valence-electron chi connectivity index (χ1n) is 6.48. The van der Waals surface area contributed by atoms with Crippen molar-refractivity contribution >= 4 is 28.3 Å². The predicted molar refractivity (Wildman–Crippen MR) is 83.9 cm³/mol. The number of carbonyl (C=O) groups is 1. The molecule has 0 unspecified atom stereocenters. The molecule has 1 fully saturated rings. The van der Waals surface area contributed by atoms with Crippen LogP contribution in [0.25, 0.3) is 0 Å². The smallest absolute Gasteiger partial charge is 0.254 e. The van der Waals surface area contributed by atoms with Gasteiger partial charge in [-0.25, -0.2) is 13.6 Å². The highest BCUT2D eigenvalue weighted by atomic mass is 35.5. The highest BCUT2D eigenvalue weighted by Gasteiger charge is 2.23. The number of hydrogen-bond acceptors (Lipinski definition) is 4. The third-order valence-corrected chi connectivity index (χ3v) is 4.07. The Morgan fingerprint density at radius 1 is 1.38 bits per heavy atom. The number of benzene rings is 1. The van der Waals surface area contributed by atoms with E-state index in [4.69, 9.17) is 5.14 Å². The molecule has 1 aromatic rings. The maximum Gasteiger partial charge on any atom is 0.254 e. The number of nitrogens with one attached hydrogen (secondary N) is 1. The number of sulfonamides is 1. The molecule has 3 N–H and O–H groups in total. The number of amides is 1. The highest BCUT2D eigenvalue weighted by molar-refractivity contribution is 7.88. The lowest BCUT2D eigenvalue weighted by Crippen LogP contribution is -2.52. The Balaban J connectivity index is 0.00000220. The fourth-order valence-corrected chi connectivity index (χ4v) is 2.94. The molecular weight excluding hydrogens is 314 g/mol. The molecule has 0 aromatic heterocycles. The van der Waals surface area contributed by atoms with Crippen molar-refractivity contribution in [3.63, 3.8) is 0 Å². The van der Waals surface area contributed by atoms with Gasteiger partial charge in [0.2, 0.25) is 10.0 Å². The van der Waals surface area contributed by atoms with Gasteiger partial charge in [0.25, 0.3) is 5.91 Å². The quantitative estimate of drug-likeness (QED) is 0.833. The molecule has 1 amide bonds. The standard InChI is InChI=1S/C13H19N3O3S.ClH/c1-10-8-15-6-7-16(10)13(17)12-4-2-11(3-5-12)9-20(14,18)19;/h2-5,10,15H,6-9H2,1H3,(H2,14,18,19);1H/t10-;/m0./s1.